The summed E-state index contributed by atoms with van der Waals surface area (Å²) >= 11 is 0. The number of halogens is 3. The van der Waals surface area contributed by atoms with E-state index in [2.05, 4.69) is 13.8 Å². The Morgan fingerprint density at radius 2 is 1.86 bits per heavy atom. The van der Waals surface area contributed by atoms with Crippen LogP contribution in [0.5, 0.6) is 0 Å². The van der Waals surface area contributed by atoms with Gasteiger partial charge in [-0.15, -0.1) is 0 Å². The van der Waals surface area contributed by atoms with Crippen LogP contribution in [0.25, 0.3) is 6.08 Å². The van der Waals surface area contributed by atoms with Crippen molar-refractivity contribution in [2.75, 3.05) is 0 Å². The Morgan fingerprint density at radius 3 is 2.63 bits per heavy atom. The van der Waals surface area contributed by atoms with Gasteiger partial charge < -0.3 is 9.84 Å². The van der Waals surface area contributed by atoms with Crippen LogP contribution in [0.1, 0.15) is 76.3 Å². The van der Waals surface area contributed by atoms with Gasteiger partial charge in [-0.3, -0.25) is 4.79 Å². The molecule has 9 atom stereocenters. The molecule has 4 aliphatic carbocycles. The largest absolute Gasteiger partial charge is 0.416 e. The molecule has 1 saturated heterocycles. The van der Waals surface area contributed by atoms with Gasteiger partial charge >= 0.3 is 6.18 Å². The number of aliphatic hydroxyl groups excluding tert-OH is 1. The number of carbonyl (C=O) groups excluding carboxylic acids is 1. The SMILES string of the molecule is C[C@]12CC[C@H]3[C@@H](C[C@@H]4O[C@@]45C[C@@H](O)CC[C@]35C)[C@@H]1CC[C@@H]2C(=O)/C=C/c1ccccc1C(F)(F)F. The summed E-state index contributed by atoms with van der Waals surface area (Å²) in [4.78, 5) is 13.4. The van der Waals surface area contributed by atoms with Crippen molar-refractivity contribution in [3.63, 3.8) is 0 Å². The molecule has 1 spiro atoms. The highest BCUT2D eigenvalue weighted by Crippen LogP contribution is 2.74. The lowest BCUT2D eigenvalue weighted by molar-refractivity contribution is -0.137. The van der Waals surface area contributed by atoms with Gasteiger partial charge in [0.25, 0.3) is 0 Å². The Kier molecular flexibility index (Phi) is 5.20. The fourth-order valence-electron chi connectivity index (χ4n) is 9.31. The van der Waals surface area contributed by atoms with Crippen molar-refractivity contribution in [1.82, 2.24) is 0 Å². The number of rotatable bonds is 3. The molecular formula is C29H35F3O3. The minimum absolute atomic E-state index is 0.0368. The molecule has 0 aromatic heterocycles. The summed E-state index contributed by atoms with van der Waals surface area (Å²) in [6.45, 7) is 4.64. The van der Waals surface area contributed by atoms with Crippen LogP contribution in [0.4, 0.5) is 13.2 Å². The predicted octanol–water partition coefficient (Wildman–Crippen LogP) is 6.44. The van der Waals surface area contributed by atoms with Crippen molar-refractivity contribution in [2.45, 2.75) is 89.2 Å². The summed E-state index contributed by atoms with van der Waals surface area (Å²) in [5.41, 5.74) is -0.849. The molecule has 5 aliphatic rings. The first-order chi connectivity index (χ1) is 16.5. The van der Waals surface area contributed by atoms with E-state index in [4.69, 9.17) is 4.74 Å². The number of hydrogen-bond donors (Lipinski definition) is 1. The van der Waals surface area contributed by atoms with Crippen molar-refractivity contribution in [1.29, 1.82) is 0 Å². The molecule has 0 bridgehead atoms. The second-order valence-electron chi connectivity index (χ2n) is 12.4. The molecule has 6 heteroatoms. The molecule has 3 nitrogen and oxygen atoms in total. The highest BCUT2D eigenvalue weighted by Gasteiger charge is 2.76. The summed E-state index contributed by atoms with van der Waals surface area (Å²) in [6, 6.07) is 5.43. The molecule has 6 rings (SSSR count). The van der Waals surface area contributed by atoms with E-state index in [1.54, 1.807) is 6.07 Å². The van der Waals surface area contributed by atoms with E-state index in [0.29, 0.717) is 17.8 Å². The smallest absolute Gasteiger partial charge is 0.393 e. The van der Waals surface area contributed by atoms with Crippen LogP contribution in [0, 0.1) is 34.5 Å². The van der Waals surface area contributed by atoms with Gasteiger partial charge in [0.2, 0.25) is 0 Å². The molecule has 1 aliphatic heterocycles. The Balaban J connectivity index is 1.23. The fraction of sp³-hybridized carbons (Fsp3) is 0.690. The molecule has 1 heterocycles. The maximum atomic E-state index is 13.4. The quantitative estimate of drug-likeness (QED) is 0.394. The van der Waals surface area contributed by atoms with Gasteiger partial charge in [0.05, 0.1) is 17.8 Å². The lowest BCUT2D eigenvalue weighted by Gasteiger charge is -2.59. The van der Waals surface area contributed by atoms with E-state index in [-0.39, 0.29) is 45.9 Å². The molecule has 35 heavy (non-hydrogen) atoms. The zero-order chi connectivity index (χ0) is 24.8. The average molecular weight is 489 g/mol. The van der Waals surface area contributed by atoms with E-state index in [9.17, 15) is 23.1 Å². The van der Waals surface area contributed by atoms with Crippen molar-refractivity contribution in [2.24, 2.45) is 34.5 Å². The Morgan fingerprint density at radius 1 is 1.09 bits per heavy atom. The van der Waals surface area contributed by atoms with Gasteiger partial charge in [-0.25, -0.2) is 0 Å². The zero-order valence-corrected chi connectivity index (χ0v) is 20.5. The van der Waals surface area contributed by atoms with Gasteiger partial charge in [0.1, 0.15) is 5.60 Å². The fourth-order valence-corrected chi connectivity index (χ4v) is 9.31. The van der Waals surface area contributed by atoms with Crippen molar-refractivity contribution < 1.29 is 27.8 Å². The molecule has 1 N–H and O–H groups in total. The molecule has 5 fully saturated rings. The minimum atomic E-state index is -4.45. The number of epoxide rings is 1. The second-order valence-corrected chi connectivity index (χ2v) is 12.4. The van der Waals surface area contributed by atoms with Gasteiger partial charge in [0, 0.05) is 17.8 Å². The van der Waals surface area contributed by atoms with Crippen molar-refractivity contribution in [3.8, 4) is 0 Å². The first-order valence-corrected chi connectivity index (χ1v) is 13.2. The number of fused-ring (bicyclic) bond motifs is 4. The number of carbonyl (C=O) groups is 1. The van der Waals surface area contributed by atoms with E-state index in [0.717, 1.165) is 57.4 Å². The zero-order valence-electron chi connectivity index (χ0n) is 20.5. The first kappa shape index (κ1) is 23.7. The molecule has 0 amide bonds. The van der Waals surface area contributed by atoms with Gasteiger partial charge in [0.15, 0.2) is 5.78 Å². The molecule has 1 aromatic rings. The van der Waals surface area contributed by atoms with Gasteiger partial charge in [-0.2, -0.15) is 13.2 Å². The summed E-state index contributed by atoms with van der Waals surface area (Å²) in [6.07, 6.45) is 5.72. The number of aliphatic hydroxyl groups is 1. The summed E-state index contributed by atoms with van der Waals surface area (Å²) < 4.78 is 46.5. The number of ether oxygens (including phenoxy) is 1. The number of benzene rings is 1. The van der Waals surface area contributed by atoms with Crippen molar-refractivity contribution in [3.05, 3.63) is 41.5 Å². The van der Waals surface area contributed by atoms with Crippen LogP contribution in [0.2, 0.25) is 0 Å². The second kappa shape index (κ2) is 7.67. The van der Waals surface area contributed by atoms with E-state index >= 15 is 0 Å². The Labute approximate surface area is 205 Å². The standard InChI is InChI=1S/C29H35F3O3/c1-26-13-12-22-19(15-25-28(35-25)16-18(33)11-14-27(22,28)2)21(26)8-9-23(26)24(34)10-7-17-5-3-4-6-20(17)29(30,31)32/h3-7,10,18-19,21-23,25,33H,8-9,11-16H2,1-2H3/b10-7+/t18-,19-,21-,22-,23+,25-,26-,27+,28-/m0/s1. The topological polar surface area (TPSA) is 49.8 Å². The Hall–Kier alpha value is -1.66. The lowest BCUT2D eigenvalue weighted by atomic mass is 9.44. The number of ketones is 1. The van der Waals surface area contributed by atoms with Crippen molar-refractivity contribution >= 4 is 11.9 Å². The third kappa shape index (κ3) is 3.34. The third-order valence-electron chi connectivity index (χ3n) is 11.1. The Bertz CT molecular complexity index is 1070. The molecular weight excluding hydrogens is 453 g/mol. The van der Waals surface area contributed by atoms with Crippen LogP contribution < -0.4 is 0 Å². The van der Waals surface area contributed by atoms with E-state index in [1.807, 2.05) is 0 Å². The molecule has 4 saturated carbocycles. The maximum Gasteiger partial charge on any atom is 0.416 e. The van der Waals surface area contributed by atoms with Crippen LogP contribution in [0.15, 0.2) is 30.3 Å². The maximum absolute atomic E-state index is 13.4. The monoisotopic (exact) mass is 488 g/mol. The third-order valence-corrected chi connectivity index (χ3v) is 11.1. The van der Waals surface area contributed by atoms with Gasteiger partial charge in [-0.1, -0.05) is 38.1 Å². The highest BCUT2D eigenvalue weighted by molar-refractivity contribution is 5.96. The molecule has 190 valence electrons. The first-order valence-electron chi connectivity index (χ1n) is 13.2. The summed E-state index contributed by atoms with van der Waals surface area (Å²) in [7, 11) is 0. The average Bonchev–Trinajstić information content (AvgIpc) is 3.38. The highest BCUT2D eigenvalue weighted by atomic mass is 19.4. The normalized spacial score (nSPS) is 46.5. The molecule has 0 unspecified atom stereocenters. The number of allylic oxidation sites excluding steroid dienone is 1. The van der Waals surface area contributed by atoms with Crippen LogP contribution in [-0.2, 0) is 15.7 Å². The number of hydrogen-bond acceptors (Lipinski definition) is 3. The predicted molar refractivity (Wildman–Crippen MR) is 126 cm³/mol. The van der Waals surface area contributed by atoms with Crippen LogP contribution in [0.3, 0.4) is 0 Å². The van der Waals surface area contributed by atoms with Gasteiger partial charge in [-0.05, 0) is 85.8 Å². The van der Waals surface area contributed by atoms with E-state index in [1.165, 1.54) is 24.3 Å². The lowest BCUT2D eigenvalue weighted by Crippen LogP contribution is -2.58. The summed E-state index contributed by atoms with van der Waals surface area (Å²) in [5.74, 6) is 1.33. The minimum Gasteiger partial charge on any atom is -0.393 e. The molecule has 1 aromatic carbocycles. The molecule has 0 radical (unpaired) electrons. The number of alkyl halides is 3. The van der Waals surface area contributed by atoms with E-state index < -0.39 is 11.7 Å². The van der Waals surface area contributed by atoms with Crippen LogP contribution >= 0.6 is 0 Å². The van der Waals surface area contributed by atoms with Crippen LogP contribution in [-0.4, -0.2) is 28.7 Å². The summed E-state index contributed by atoms with van der Waals surface area (Å²) in [5, 5.41) is 10.3.